The van der Waals surface area contributed by atoms with Crippen molar-refractivity contribution >= 4 is 33.0 Å². The highest BCUT2D eigenvalue weighted by atomic mass is 35.5. The Hall–Kier alpha value is -1.31. The maximum Gasteiger partial charge on any atom is 0.248 e. The molecule has 0 saturated carbocycles. The van der Waals surface area contributed by atoms with Crippen molar-refractivity contribution in [1.82, 2.24) is 0 Å². The van der Waals surface area contributed by atoms with E-state index in [1.54, 1.807) is 24.3 Å². The lowest BCUT2D eigenvalue weighted by Gasteiger charge is -2.08. The van der Waals surface area contributed by atoms with Gasteiger partial charge in [-0.05, 0) is 24.3 Å². The third kappa shape index (κ3) is 7.31. The van der Waals surface area contributed by atoms with Gasteiger partial charge in [0.25, 0.3) is 0 Å². The van der Waals surface area contributed by atoms with Crippen LogP contribution < -0.4 is 11.1 Å². The summed E-state index contributed by atoms with van der Waals surface area (Å²) in [5.74, 6) is -0.413. The molecule has 6 nitrogen and oxygen atoms in total. The van der Waals surface area contributed by atoms with Gasteiger partial charge in [0.15, 0.2) is 9.84 Å². The van der Waals surface area contributed by atoms with Gasteiger partial charge in [-0.1, -0.05) is 0 Å². The lowest BCUT2D eigenvalue weighted by molar-refractivity contribution is 0.100. The molecule has 0 saturated heterocycles. The number of nitrogens with one attached hydrogen (secondary N) is 1. The van der Waals surface area contributed by atoms with E-state index < -0.39 is 15.7 Å². The quantitative estimate of drug-likeness (QED) is 0.488. The number of primary amides is 1. The molecule has 8 heteroatoms. The number of anilines is 1. The molecule has 3 N–H and O–H groups in total. The van der Waals surface area contributed by atoms with Gasteiger partial charge in [-0.25, -0.2) is 8.42 Å². The standard InChI is InChI=1S/C13H19ClN2O4S/c14-5-9-21(18,19)10-8-20-7-6-16-12-3-1-11(2-4-12)13(15)17/h1-4,16H,5-10H2,(H2,15,17). The third-order valence-electron chi connectivity index (χ3n) is 2.67. The number of rotatable bonds is 10. The van der Waals surface area contributed by atoms with Crippen LogP contribution in [0.1, 0.15) is 10.4 Å². The summed E-state index contributed by atoms with van der Waals surface area (Å²) in [6, 6.07) is 6.74. The maximum atomic E-state index is 11.4. The van der Waals surface area contributed by atoms with Gasteiger partial charge >= 0.3 is 0 Å². The Labute approximate surface area is 129 Å². The predicted molar refractivity (Wildman–Crippen MR) is 83.6 cm³/mol. The number of halogens is 1. The Morgan fingerprint density at radius 3 is 2.43 bits per heavy atom. The normalized spacial score (nSPS) is 11.3. The molecule has 0 fully saturated rings. The highest BCUT2D eigenvalue weighted by Crippen LogP contribution is 2.08. The first-order valence-electron chi connectivity index (χ1n) is 6.42. The molecule has 0 aromatic heterocycles. The molecule has 0 aliphatic rings. The summed E-state index contributed by atoms with van der Waals surface area (Å²) >= 11 is 5.39. The minimum atomic E-state index is -3.11. The second-order valence-electron chi connectivity index (χ2n) is 4.32. The van der Waals surface area contributed by atoms with Gasteiger partial charge in [0.05, 0.1) is 24.7 Å². The Balaban J connectivity index is 2.18. The molecule has 118 valence electrons. The SMILES string of the molecule is NC(=O)c1ccc(NCCOCCS(=O)(=O)CCCl)cc1. The Morgan fingerprint density at radius 2 is 1.86 bits per heavy atom. The number of sulfone groups is 1. The van der Waals surface area contributed by atoms with E-state index in [4.69, 9.17) is 22.1 Å². The van der Waals surface area contributed by atoms with E-state index in [2.05, 4.69) is 5.32 Å². The number of amides is 1. The van der Waals surface area contributed by atoms with Crippen LogP contribution in [-0.4, -0.2) is 51.5 Å². The Bertz CT molecular complexity index is 546. The number of carbonyl (C=O) groups is 1. The second-order valence-corrected chi connectivity index (χ2v) is 7.00. The van der Waals surface area contributed by atoms with Crippen LogP contribution in [0.15, 0.2) is 24.3 Å². The van der Waals surface area contributed by atoms with E-state index in [1.807, 2.05) is 0 Å². The van der Waals surface area contributed by atoms with Crippen molar-refractivity contribution < 1.29 is 17.9 Å². The summed E-state index contributed by atoms with van der Waals surface area (Å²) in [7, 11) is -3.11. The van der Waals surface area contributed by atoms with Gasteiger partial charge in [-0.2, -0.15) is 0 Å². The van der Waals surface area contributed by atoms with E-state index in [0.717, 1.165) is 5.69 Å². The number of hydrogen-bond acceptors (Lipinski definition) is 5. The van der Waals surface area contributed by atoms with Crippen LogP contribution in [0, 0.1) is 0 Å². The predicted octanol–water partition coefficient (Wildman–Crippen LogP) is 0.868. The second kappa shape index (κ2) is 8.86. The van der Waals surface area contributed by atoms with Gasteiger partial charge < -0.3 is 15.8 Å². The van der Waals surface area contributed by atoms with Crippen LogP contribution in [0.5, 0.6) is 0 Å². The molecule has 0 heterocycles. The minimum absolute atomic E-state index is 0.0208. The molecule has 0 aliphatic carbocycles. The van der Waals surface area contributed by atoms with Crippen molar-refractivity contribution in [1.29, 1.82) is 0 Å². The summed E-state index contributed by atoms with van der Waals surface area (Å²) in [5.41, 5.74) is 6.42. The average molecular weight is 335 g/mol. The van der Waals surface area contributed by atoms with Crippen LogP contribution in [0.4, 0.5) is 5.69 Å². The summed E-state index contributed by atoms with van der Waals surface area (Å²) in [6.45, 7) is 1.07. The zero-order valence-electron chi connectivity index (χ0n) is 11.5. The molecule has 0 unspecified atom stereocenters. The Kier molecular flexibility index (Phi) is 7.49. The topological polar surface area (TPSA) is 98.5 Å². The summed E-state index contributed by atoms with van der Waals surface area (Å²) in [6.07, 6.45) is 0. The van der Waals surface area contributed by atoms with Crippen molar-refractivity contribution in [2.45, 2.75) is 0 Å². The lowest BCUT2D eigenvalue weighted by Crippen LogP contribution is -2.18. The fourth-order valence-corrected chi connectivity index (χ4v) is 3.04. The van der Waals surface area contributed by atoms with Crippen molar-refractivity contribution in [3.63, 3.8) is 0 Å². The number of alkyl halides is 1. The van der Waals surface area contributed by atoms with Crippen LogP contribution in [0.2, 0.25) is 0 Å². The summed E-state index contributed by atoms with van der Waals surface area (Å²) in [4.78, 5) is 10.9. The van der Waals surface area contributed by atoms with Crippen LogP contribution in [0.25, 0.3) is 0 Å². The Morgan fingerprint density at radius 1 is 1.19 bits per heavy atom. The highest BCUT2D eigenvalue weighted by molar-refractivity contribution is 7.91. The zero-order valence-corrected chi connectivity index (χ0v) is 13.1. The number of carbonyl (C=O) groups excluding carboxylic acids is 1. The summed E-state index contributed by atoms with van der Waals surface area (Å²) in [5, 5.41) is 3.09. The number of ether oxygens (including phenoxy) is 1. The molecule has 0 spiro atoms. The van der Waals surface area contributed by atoms with Gasteiger partial charge in [-0.15, -0.1) is 11.6 Å². The smallest absolute Gasteiger partial charge is 0.248 e. The highest BCUT2D eigenvalue weighted by Gasteiger charge is 2.09. The van der Waals surface area contributed by atoms with Crippen LogP contribution in [0.3, 0.4) is 0 Å². The molecule has 0 aliphatic heterocycles. The molecule has 1 amide bonds. The molecule has 1 aromatic carbocycles. The van der Waals surface area contributed by atoms with Gasteiger partial charge in [0, 0.05) is 23.7 Å². The van der Waals surface area contributed by atoms with Crippen LogP contribution >= 0.6 is 11.6 Å². The van der Waals surface area contributed by atoms with E-state index >= 15 is 0 Å². The van der Waals surface area contributed by atoms with Gasteiger partial charge in [0.2, 0.25) is 5.91 Å². The van der Waals surface area contributed by atoms with E-state index in [9.17, 15) is 13.2 Å². The van der Waals surface area contributed by atoms with Crippen molar-refractivity contribution in [2.75, 3.05) is 42.5 Å². The number of nitrogens with two attached hydrogens (primary N) is 1. The van der Waals surface area contributed by atoms with Crippen molar-refractivity contribution in [3.05, 3.63) is 29.8 Å². The number of benzene rings is 1. The number of hydrogen-bond donors (Lipinski definition) is 2. The van der Waals surface area contributed by atoms with E-state index in [0.29, 0.717) is 18.7 Å². The van der Waals surface area contributed by atoms with Gasteiger partial charge in [0.1, 0.15) is 0 Å². The molecule has 0 bridgehead atoms. The minimum Gasteiger partial charge on any atom is -0.383 e. The largest absolute Gasteiger partial charge is 0.383 e. The molecular formula is C13H19ClN2O4S. The monoisotopic (exact) mass is 334 g/mol. The fraction of sp³-hybridized carbons (Fsp3) is 0.462. The first kappa shape index (κ1) is 17.7. The first-order chi connectivity index (χ1) is 9.94. The third-order valence-corrected chi connectivity index (χ3v) is 4.70. The fourth-order valence-electron chi connectivity index (χ4n) is 1.53. The van der Waals surface area contributed by atoms with E-state index in [1.165, 1.54) is 0 Å². The molecule has 0 radical (unpaired) electrons. The van der Waals surface area contributed by atoms with Crippen molar-refractivity contribution in [3.8, 4) is 0 Å². The molecular weight excluding hydrogens is 316 g/mol. The molecule has 21 heavy (non-hydrogen) atoms. The molecule has 1 rings (SSSR count). The van der Waals surface area contributed by atoms with Gasteiger partial charge in [-0.3, -0.25) is 4.79 Å². The van der Waals surface area contributed by atoms with Crippen LogP contribution in [-0.2, 0) is 14.6 Å². The summed E-state index contributed by atoms with van der Waals surface area (Å²) < 4.78 is 27.9. The molecule has 1 aromatic rings. The first-order valence-corrected chi connectivity index (χ1v) is 8.78. The van der Waals surface area contributed by atoms with E-state index in [-0.39, 0.29) is 24.0 Å². The zero-order chi connectivity index (χ0) is 15.7. The molecule has 0 atom stereocenters. The average Bonchev–Trinajstić information content (AvgIpc) is 2.43. The maximum absolute atomic E-state index is 11.4. The van der Waals surface area contributed by atoms with Crippen molar-refractivity contribution in [2.24, 2.45) is 5.73 Å². The lowest BCUT2D eigenvalue weighted by atomic mass is 10.2.